The lowest BCUT2D eigenvalue weighted by Crippen LogP contribution is -2.36. The second kappa shape index (κ2) is 12.2. The van der Waals surface area contributed by atoms with E-state index in [1.54, 1.807) is 27.0 Å². The fourth-order valence-corrected chi connectivity index (χ4v) is 4.63. The summed E-state index contributed by atoms with van der Waals surface area (Å²) in [5.41, 5.74) is 1.92. The Balaban J connectivity index is 1.73. The molecule has 0 aromatic heterocycles. The number of nitrogens with zero attached hydrogens (tertiary/aromatic N) is 2. The average Bonchev–Trinajstić information content (AvgIpc) is 2.82. The van der Waals surface area contributed by atoms with Crippen LogP contribution in [0.25, 0.3) is 0 Å². The third-order valence-electron chi connectivity index (χ3n) is 6.69. The SMILES string of the molecule is COCCN1CCc2c(CCC(=O)N(CCC(C)(C)O)Cc3ccccc3C(F)(F)F)cccc2C1. The summed E-state index contributed by atoms with van der Waals surface area (Å²) in [6.45, 7) is 6.61. The largest absolute Gasteiger partial charge is 0.416 e. The van der Waals surface area contributed by atoms with Crippen LogP contribution in [-0.2, 0) is 41.6 Å². The third kappa shape index (κ3) is 8.05. The van der Waals surface area contributed by atoms with Gasteiger partial charge in [-0.05, 0) is 61.4 Å². The van der Waals surface area contributed by atoms with Crippen molar-refractivity contribution in [2.24, 2.45) is 0 Å². The molecule has 2 aromatic rings. The highest BCUT2D eigenvalue weighted by atomic mass is 19.4. The smallest absolute Gasteiger partial charge is 0.390 e. The maximum absolute atomic E-state index is 13.5. The number of aryl methyl sites for hydroxylation is 1. The van der Waals surface area contributed by atoms with Gasteiger partial charge in [-0.1, -0.05) is 36.4 Å². The topological polar surface area (TPSA) is 53.0 Å². The lowest BCUT2D eigenvalue weighted by atomic mass is 9.92. The molecule has 1 aliphatic heterocycles. The molecule has 8 heteroatoms. The van der Waals surface area contributed by atoms with Crippen LogP contribution in [0, 0.1) is 0 Å². The fraction of sp³-hybridized carbons (Fsp3) is 0.536. The highest BCUT2D eigenvalue weighted by Crippen LogP contribution is 2.32. The number of hydrogen-bond acceptors (Lipinski definition) is 4. The predicted molar refractivity (Wildman–Crippen MR) is 133 cm³/mol. The number of ether oxygens (including phenoxy) is 1. The van der Waals surface area contributed by atoms with Crippen LogP contribution in [0.4, 0.5) is 13.2 Å². The van der Waals surface area contributed by atoms with Crippen LogP contribution in [-0.4, -0.2) is 59.8 Å². The summed E-state index contributed by atoms with van der Waals surface area (Å²) in [6, 6.07) is 11.5. The van der Waals surface area contributed by atoms with Crippen LogP contribution in [0.5, 0.6) is 0 Å². The molecule has 1 aliphatic rings. The maximum Gasteiger partial charge on any atom is 0.416 e. The monoisotopic (exact) mass is 506 g/mol. The third-order valence-corrected chi connectivity index (χ3v) is 6.69. The maximum atomic E-state index is 13.5. The van der Waals surface area contributed by atoms with Gasteiger partial charge in [0.25, 0.3) is 0 Å². The zero-order valence-corrected chi connectivity index (χ0v) is 21.4. The molecule has 3 rings (SSSR count). The van der Waals surface area contributed by atoms with Gasteiger partial charge in [-0.15, -0.1) is 0 Å². The number of rotatable bonds is 11. The van der Waals surface area contributed by atoms with Crippen LogP contribution in [0.1, 0.15) is 54.5 Å². The van der Waals surface area contributed by atoms with Gasteiger partial charge in [-0.3, -0.25) is 9.69 Å². The molecule has 0 saturated heterocycles. The van der Waals surface area contributed by atoms with E-state index in [4.69, 9.17) is 4.74 Å². The molecule has 2 aromatic carbocycles. The Kier molecular flexibility index (Phi) is 9.55. The van der Waals surface area contributed by atoms with E-state index in [-0.39, 0.29) is 37.4 Å². The Labute approximate surface area is 211 Å². The van der Waals surface area contributed by atoms with E-state index < -0.39 is 17.3 Å². The Hall–Kier alpha value is -2.42. The number of fused-ring (bicyclic) bond motifs is 1. The first-order valence-electron chi connectivity index (χ1n) is 12.4. The van der Waals surface area contributed by atoms with Crippen molar-refractivity contribution in [3.63, 3.8) is 0 Å². The second-order valence-electron chi connectivity index (χ2n) is 10.1. The van der Waals surface area contributed by atoms with E-state index in [1.165, 1.54) is 28.2 Å². The van der Waals surface area contributed by atoms with Crippen molar-refractivity contribution in [2.45, 2.75) is 64.4 Å². The average molecular weight is 507 g/mol. The van der Waals surface area contributed by atoms with Crippen molar-refractivity contribution >= 4 is 5.91 Å². The van der Waals surface area contributed by atoms with Crippen LogP contribution in [0.15, 0.2) is 42.5 Å². The lowest BCUT2D eigenvalue weighted by Gasteiger charge is -2.30. The van der Waals surface area contributed by atoms with E-state index in [0.717, 1.165) is 37.7 Å². The number of carbonyl (C=O) groups is 1. The minimum absolute atomic E-state index is 0.0577. The number of amides is 1. The summed E-state index contributed by atoms with van der Waals surface area (Å²) in [7, 11) is 1.69. The molecular weight excluding hydrogens is 469 g/mol. The summed E-state index contributed by atoms with van der Waals surface area (Å²) in [5.74, 6) is -0.216. The summed E-state index contributed by atoms with van der Waals surface area (Å²) >= 11 is 0. The Morgan fingerprint density at radius 1 is 1.11 bits per heavy atom. The Morgan fingerprint density at radius 3 is 2.53 bits per heavy atom. The van der Waals surface area contributed by atoms with Crippen molar-refractivity contribution in [3.8, 4) is 0 Å². The number of methoxy groups -OCH3 is 1. The molecule has 36 heavy (non-hydrogen) atoms. The molecule has 198 valence electrons. The van der Waals surface area contributed by atoms with Gasteiger partial charge < -0.3 is 14.7 Å². The van der Waals surface area contributed by atoms with Crippen molar-refractivity contribution in [1.29, 1.82) is 0 Å². The molecule has 0 radical (unpaired) electrons. The molecular formula is C28H37F3N2O3. The second-order valence-corrected chi connectivity index (χ2v) is 10.1. The lowest BCUT2D eigenvalue weighted by molar-refractivity contribution is -0.140. The van der Waals surface area contributed by atoms with Gasteiger partial charge in [0.2, 0.25) is 5.91 Å². The number of halogens is 3. The van der Waals surface area contributed by atoms with Gasteiger partial charge in [-0.2, -0.15) is 13.2 Å². The van der Waals surface area contributed by atoms with Crippen LogP contribution < -0.4 is 0 Å². The molecule has 0 atom stereocenters. The first-order valence-corrected chi connectivity index (χ1v) is 12.4. The minimum Gasteiger partial charge on any atom is -0.390 e. The Bertz CT molecular complexity index is 1020. The van der Waals surface area contributed by atoms with Gasteiger partial charge in [0.15, 0.2) is 0 Å². The van der Waals surface area contributed by atoms with Crippen LogP contribution in [0.3, 0.4) is 0 Å². The molecule has 0 unspecified atom stereocenters. The zero-order chi connectivity index (χ0) is 26.3. The first kappa shape index (κ1) is 28.2. The number of aliphatic hydroxyl groups is 1. The standard InChI is InChI=1S/C28H37F3N2O3/c1-27(2,35)14-16-33(20-23-7-4-5-10-25(23)28(29,30)31)26(34)12-11-21-8-6-9-22-19-32(17-18-36-3)15-13-24(21)22/h4-10,35H,11-20H2,1-3H3. The molecule has 5 nitrogen and oxygen atoms in total. The highest BCUT2D eigenvalue weighted by molar-refractivity contribution is 5.76. The number of carbonyl (C=O) groups excluding carboxylic acids is 1. The molecule has 0 bridgehead atoms. The van der Waals surface area contributed by atoms with Gasteiger partial charge in [0.1, 0.15) is 0 Å². The predicted octanol–water partition coefficient (Wildman–Crippen LogP) is 4.83. The highest BCUT2D eigenvalue weighted by Gasteiger charge is 2.33. The van der Waals surface area contributed by atoms with Crippen molar-refractivity contribution < 1.29 is 27.8 Å². The number of benzene rings is 2. The van der Waals surface area contributed by atoms with Gasteiger partial charge in [0.05, 0.1) is 17.8 Å². The zero-order valence-electron chi connectivity index (χ0n) is 21.4. The summed E-state index contributed by atoms with van der Waals surface area (Å²) in [5, 5.41) is 10.2. The van der Waals surface area contributed by atoms with Crippen LogP contribution >= 0.6 is 0 Å². The van der Waals surface area contributed by atoms with Crippen molar-refractivity contribution in [2.75, 3.05) is 33.4 Å². The molecule has 0 spiro atoms. The van der Waals surface area contributed by atoms with Crippen molar-refractivity contribution in [3.05, 3.63) is 70.3 Å². The Morgan fingerprint density at radius 2 is 1.83 bits per heavy atom. The summed E-state index contributed by atoms with van der Waals surface area (Å²) in [4.78, 5) is 17.1. The summed E-state index contributed by atoms with van der Waals surface area (Å²) in [6.07, 6.45) is -2.61. The fourth-order valence-electron chi connectivity index (χ4n) is 4.63. The molecule has 1 heterocycles. The van der Waals surface area contributed by atoms with Crippen molar-refractivity contribution in [1.82, 2.24) is 9.80 Å². The van der Waals surface area contributed by atoms with E-state index in [9.17, 15) is 23.1 Å². The molecule has 0 aliphatic carbocycles. The normalized spacial score (nSPS) is 14.5. The quantitative estimate of drug-likeness (QED) is 0.474. The molecule has 0 saturated carbocycles. The van der Waals surface area contributed by atoms with E-state index in [0.29, 0.717) is 13.0 Å². The van der Waals surface area contributed by atoms with E-state index >= 15 is 0 Å². The number of hydrogen-bond donors (Lipinski definition) is 1. The van der Waals surface area contributed by atoms with Gasteiger partial charge in [-0.25, -0.2) is 0 Å². The van der Waals surface area contributed by atoms with Crippen LogP contribution in [0.2, 0.25) is 0 Å². The van der Waals surface area contributed by atoms with E-state index in [2.05, 4.69) is 11.0 Å². The molecule has 1 N–H and O–H groups in total. The molecule has 0 fully saturated rings. The summed E-state index contributed by atoms with van der Waals surface area (Å²) < 4.78 is 45.8. The van der Waals surface area contributed by atoms with Gasteiger partial charge >= 0.3 is 6.18 Å². The van der Waals surface area contributed by atoms with Gasteiger partial charge in [0, 0.05) is 46.3 Å². The minimum atomic E-state index is -4.50. The molecule has 1 amide bonds. The first-order chi connectivity index (χ1) is 17.0. The van der Waals surface area contributed by atoms with E-state index in [1.807, 2.05) is 12.1 Å². The number of alkyl halides is 3.